The summed E-state index contributed by atoms with van der Waals surface area (Å²) in [6, 6.07) is 7.57. The number of para-hydroxylation sites is 1. The van der Waals surface area contributed by atoms with Crippen LogP contribution in [0.15, 0.2) is 24.3 Å². The molecule has 1 aromatic rings. The maximum atomic E-state index is 11.7. The Morgan fingerprint density at radius 1 is 1.35 bits per heavy atom. The van der Waals surface area contributed by atoms with Crippen molar-refractivity contribution in [1.29, 1.82) is 0 Å². The molecule has 0 radical (unpaired) electrons. The molecule has 20 heavy (non-hydrogen) atoms. The molecule has 0 bridgehead atoms. The largest absolute Gasteiger partial charge is 0.491 e. The number of benzene rings is 1. The van der Waals surface area contributed by atoms with Gasteiger partial charge in [0.2, 0.25) is 5.91 Å². The predicted octanol–water partition coefficient (Wildman–Crippen LogP) is 2.40. The Labute approximate surface area is 130 Å². The van der Waals surface area contributed by atoms with Gasteiger partial charge in [0.15, 0.2) is 0 Å². The predicted molar refractivity (Wildman–Crippen MR) is 82.8 cm³/mol. The van der Waals surface area contributed by atoms with Gasteiger partial charge in [-0.05, 0) is 38.1 Å². The second-order valence-corrected chi connectivity index (χ2v) is 5.03. The van der Waals surface area contributed by atoms with Gasteiger partial charge in [-0.3, -0.25) is 4.79 Å². The van der Waals surface area contributed by atoms with Crippen molar-refractivity contribution >= 4 is 29.9 Å². The minimum absolute atomic E-state index is 0. The topological polar surface area (TPSA) is 50.4 Å². The quantitative estimate of drug-likeness (QED) is 0.876. The van der Waals surface area contributed by atoms with Crippen LogP contribution in [-0.4, -0.2) is 31.6 Å². The summed E-state index contributed by atoms with van der Waals surface area (Å²) in [5, 5.41) is 6.87. The molecule has 2 N–H and O–H groups in total. The summed E-state index contributed by atoms with van der Waals surface area (Å²) in [6.45, 7) is 2.29. The highest BCUT2D eigenvalue weighted by atomic mass is 35.5. The fraction of sp³-hybridized carbons (Fsp3) is 0.500. The lowest BCUT2D eigenvalue weighted by Gasteiger charge is -2.23. The molecule has 1 saturated heterocycles. The molecule has 1 fully saturated rings. The molecule has 0 aliphatic carbocycles. The zero-order valence-electron chi connectivity index (χ0n) is 11.2. The molecule has 1 aliphatic heterocycles. The molecular weight excluding hydrogens is 299 g/mol. The molecular formula is C14H20Cl2N2O2. The maximum Gasteiger partial charge on any atom is 0.223 e. The highest BCUT2D eigenvalue weighted by molar-refractivity contribution is 6.32. The molecule has 1 aliphatic rings. The first-order valence-corrected chi connectivity index (χ1v) is 7.01. The van der Waals surface area contributed by atoms with Crippen LogP contribution in [0, 0.1) is 0 Å². The van der Waals surface area contributed by atoms with Crippen LogP contribution < -0.4 is 15.4 Å². The molecule has 1 amide bonds. The summed E-state index contributed by atoms with van der Waals surface area (Å²) >= 11 is 5.96. The summed E-state index contributed by atoms with van der Waals surface area (Å²) in [4.78, 5) is 11.7. The summed E-state index contributed by atoms with van der Waals surface area (Å²) in [5.74, 6) is 0.665. The lowest BCUT2D eigenvalue weighted by molar-refractivity contribution is -0.122. The van der Waals surface area contributed by atoms with E-state index in [1.54, 1.807) is 12.1 Å². The molecule has 1 aromatic carbocycles. The van der Waals surface area contributed by atoms with Gasteiger partial charge >= 0.3 is 0 Å². The van der Waals surface area contributed by atoms with Crippen molar-refractivity contribution in [2.24, 2.45) is 0 Å². The number of ether oxygens (including phenoxy) is 1. The molecule has 0 atom stereocenters. The van der Waals surface area contributed by atoms with E-state index in [0.717, 1.165) is 25.9 Å². The van der Waals surface area contributed by atoms with Gasteiger partial charge in [0.1, 0.15) is 5.75 Å². The van der Waals surface area contributed by atoms with Crippen LogP contribution in [-0.2, 0) is 4.79 Å². The third-order valence-electron chi connectivity index (χ3n) is 3.13. The Kier molecular flexibility index (Phi) is 7.73. The smallest absolute Gasteiger partial charge is 0.223 e. The van der Waals surface area contributed by atoms with Gasteiger partial charge in [-0.1, -0.05) is 23.7 Å². The highest BCUT2D eigenvalue weighted by Gasteiger charge is 2.15. The lowest BCUT2D eigenvalue weighted by Crippen LogP contribution is -2.43. The van der Waals surface area contributed by atoms with Crippen molar-refractivity contribution in [2.45, 2.75) is 25.3 Å². The number of halogens is 2. The standard InChI is InChI=1S/C14H19ClN2O2.ClH/c15-12-3-1-2-4-13(12)19-10-7-14(18)17-11-5-8-16-9-6-11;/h1-4,11,16H,5-10H2,(H,17,18);1H. The normalized spacial score (nSPS) is 15.2. The van der Waals surface area contributed by atoms with E-state index in [0.29, 0.717) is 29.8 Å². The number of hydrogen-bond donors (Lipinski definition) is 2. The summed E-state index contributed by atoms with van der Waals surface area (Å²) in [5.41, 5.74) is 0. The van der Waals surface area contributed by atoms with Crippen molar-refractivity contribution in [3.05, 3.63) is 29.3 Å². The molecule has 4 nitrogen and oxygen atoms in total. The number of amides is 1. The van der Waals surface area contributed by atoms with Gasteiger partial charge < -0.3 is 15.4 Å². The fourth-order valence-electron chi connectivity index (χ4n) is 2.08. The summed E-state index contributed by atoms with van der Waals surface area (Å²) in [7, 11) is 0. The van der Waals surface area contributed by atoms with Gasteiger partial charge in [-0.15, -0.1) is 12.4 Å². The first-order chi connectivity index (χ1) is 9.25. The summed E-state index contributed by atoms with van der Waals surface area (Å²) < 4.78 is 5.49. The average molecular weight is 319 g/mol. The van der Waals surface area contributed by atoms with E-state index in [2.05, 4.69) is 10.6 Å². The fourth-order valence-corrected chi connectivity index (χ4v) is 2.27. The number of hydrogen-bond acceptors (Lipinski definition) is 3. The highest BCUT2D eigenvalue weighted by Crippen LogP contribution is 2.23. The molecule has 0 aromatic heterocycles. The van der Waals surface area contributed by atoms with E-state index in [4.69, 9.17) is 16.3 Å². The first-order valence-electron chi connectivity index (χ1n) is 6.63. The Morgan fingerprint density at radius 3 is 2.75 bits per heavy atom. The minimum atomic E-state index is 0. The first kappa shape index (κ1) is 17.1. The monoisotopic (exact) mass is 318 g/mol. The van der Waals surface area contributed by atoms with Crippen molar-refractivity contribution in [3.63, 3.8) is 0 Å². The van der Waals surface area contributed by atoms with Gasteiger partial charge in [0.05, 0.1) is 18.1 Å². The summed E-state index contributed by atoms with van der Waals surface area (Å²) in [6.07, 6.45) is 2.35. The van der Waals surface area contributed by atoms with Crippen LogP contribution in [0.4, 0.5) is 0 Å². The molecule has 6 heteroatoms. The van der Waals surface area contributed by atoms with Crippen molar-refractivity contribution < 1.29 is 9.53 Å². The van der Waals surface area contributed by atoms with E-state index < -0.39 is 0 Å². The van der Waals surface area contributed by atoms with Gasteiger partial charge in [-0.25, -0.2) is 0 Å². The molecule has 1 heterocycles. The molecule has 112 valence electrons. The van der Waals surface area contributed by atoms with Crippen LogP contribution in [0.1, 0.15) is 19.3 Å². The van der Waals surface area contributed by atoms with E-state index in [1.165, 1.54) is 0 Å². The SMILES string of the molecule is Cl.O=C(CCOc1ccccc1Cl)NC1CCNCC1. The number of carbonyl (C=O) groups is 1. The second-order valence-electron chi connectivity index (χ2n) is 4.62. The number of piperidine rings is 1. The minimum Gasteiger partial charge on any atom is -0.491 e. The molecule has 2 rings (SSSR count). The van der Waals surface area contributed by atoms with Gasteiger partial charge in [0.25, 0.3) is 0 Å². The Morgan fingerprint density at radius 2 is 2.05 bits per heavy atom. The molecule has 0 saturated carbocycles. The van der Waals surface area contributed by atoms with Crippen molar-refractivity contribution in [2.75, 3.05) is 19.7 Å². The lowest BCUT2D eigenvalue weighted by atomic mass is 10.1. The van der Waals surface area contributed by atoms with Crippen LogP contribution >= 0.6 is 24.0 Å². The van der Waals surface area contributed by atoms with Crippen LogP contribution in [0.3, 0.4) is 0 Å². The van der Waals surface area contributed by atoms with E-state index in [1.807, 2.05) is 12.1 Å². The maximum absolute atomic E-state index is 11.7. The van der Waals surface area contributed by atoms with Crippen LogP contribution in [0.2, 0.25) is 5.02 Å². The van der Waals surface area contributed by atoms with Crippen LogP contribution in [0.25, 0.3) is 0 Å². The second kappa shape index (κ2) is 9.06. The zero-order valence-corrected chi connectivity index (χ0v) is 12.8. The van der Waals surface area contributed by atoms with Gasteiger partial charge in [-0.2, -0.15) is 0 Å². The number of rotatable bonds is 5. The average Bonchev–Trinajstić information content (AvgIpc) is 2.42. The van der Waals surface area contributed by atoms with Crippen LogP contribution in [0.5, 0.6) is 5.75 Å². The van der Waals surface area contributed by atoms with Crippen molar-refractivity contribution in [3.8, 4) is 5.75 Å². The Balaban J connectivity index is 0.00000200. The Bertz CT molecular complexity index is 423. The van der Waals surface area contributed by atoms with E-state index in [-0.39, 0.29) is 18.3 Å². The van der Waals surface area contributed by atoms with Gasteiger partial charge in [0, 0.05) is 6.04 Å². The number of carbonyl (C=O) groups excluding carboxylic acids is 1. The third kappa shape index (κ3) is 5.57. The molecule has 0 spiro atoms. The van der Waals surface area contributed by atoms with Crippen molar-refractivity contribution in [1.82, 2.24) is 10.6 Å². The van der Waals surface area contributed by atoms with E-state index in [9.17, 15) is 4.79 Å². The third-order valence-corrected chi connectivity index (χ3v) is 3.44. The molecule has 0 unspecified atom stereocenters. The zero-order chi connectivity index (χ0) is 13.5. The Hall–Kier alpha value is -0.970. The number of nitrogens with one attached hydrogen (secondary N) is 2. The van der Waals surface area contributed by atoms with E-state index >= 15 is 0 Å².